The second kappa shape index (κ2) is 9.21. The molecule has 1 fully saturated rings. The summed E-state index contributed by atoms with van der Waals surface area (Å²) in [6, 6.07) is 3.23. The first kappa shape index (κ1) is 25.9. The zero-order valence-corrected chi connectivity index (χ0v) is 21.4. The van der Waals surface area contributed by atoms with E-state index in [2.05, 4.69) is 25.4 Å². The fourth-order valence-electron chi connectivity index (χ4n) is 5.26. The third-order valence-corrected chi connectivity index (χ3v) is 7.38. The van der Waals surface area contributed by atoms with Crippen molar-refractivity contribution < 1.29 is 27.1 Å². The number of nitrogens with zero attached hydrogens (tertiary/aromatic N) is 6. The third-order valence-electron chi connectivity index (χ3n) is 7.38. The van der Waals surface area contributed by atoms with Crippen molar-refractivity contribution in [3.05, 3.63) is 46.8 Å². The Hall–Kier alpha value is -3.77. The molecule has 202 valence electrons. The van der Waals surface area contributed by atoms with Crippen LogP contribution in [0.1, 0.15) is 48.3 Å². The van der Waals surface area contributed by atoms with E-state index < -0.39 is 29.3 Å². The fraction of sp³-hybridized carbons (Fsp3) is 0.480. The van der Waals surface area contributed by atoms with Crippen LogP contribution in [0, 0.1) is 12.7 Å². The molecule has 2 aliphatic rings. The Morgan fingerprint density at radius 1 is 1.24 bits per heavy atom. The summed E-state index contributed by atoms with van der Waals surface area (Å²) in [4.78, 5) is 27.2. The molecule has 0 aliphatic carbocycles. The summed E-state index contributed by atoms with van der Waals surface area (Å²) in [5.74, 6) is -1.70. The number of hydrogen-bond donors (Lipinski definition) is 1. The SMILES string of the molecule is COc1cc([C@@H](C)C(=O)N2CC[C@]3(CCc4cc(-c5nc(C(F)(F)F)n(C)n5)c(C)nc4N3)C2)c(F)cn1. The highest BCUT2D eigenvalue weighted by atomic mass is 19.4. The first-order valence-corrected chi connectivity index (χ1v) is 12.2. The van der Waals surface area contributed by atoms with Crippen LogP contribution < -0.4 is 10.1 Å². The highest BCUT2D eigenvalue weighted by Gasteiger charge is 2.44. The van der Waals surface area contributed by atoms with Gasteiger partial charge in [-0.1, -0.05) is 0 Å². The molecular formula is C25H27F4N7O2. The van der Waals surface area contributed by atoms with E-state index in [1.54, 1.807) is 24.8 Å². The number of halogens is 4. The number of hydrogen-bond acceptors (Lipinski definition) is 7. The Morgan fingerprint density at radius 2 is 2.00 bits per heavy atom. The number of pyridine rings is 2. The molecule has 1 saturated heterocycles. The molecule has 2 atom stereocenters. The lowest BCUT2D eigenvalue weighted by atomic mass is 9.86. The third kappa shape index (κ3) is 4.54. The highest BCUT2D eigenvalue weighted by molar-refractivity contribution is 5.84. The van der Waals surface area contributed by atoms with Crippen molar-refractivity contribution in [2.24, 2.45) is 7.05 Å². The molecule has 9 nitrogen and oxygen atoms in total. The van der Waals surface area contributed by atoms with E-state index >= 15 is 0 Å². The number of aryl methyl sites for hydroxylation is 3. The van der Waals surface area contributed by atoms with Gasteiger partial charge in [0.1, 0.15) is 11.6 Å². The Bertz CT molecular complexity index is 1410. The molecular weight excluding hydrogens is 506 g/mol. The topological polar surface area (TPSA) is 98.1 Å². The number of nitrogens with one attached hydrogen (secondary N) is 1. The molecule has 5 rings (SSSR count). The van der Waals surface area contributed by atoms with Gasteiger partial charge in [0.2, 0.25) is 17.6 Å². The van der Waals surface area contributed by atoms with Crippen molar-refractivity contribution in [1.29, 1.82) is 0 Å². The van der Waals surface area contributed by atoms with Crippen LogP contribution in [0.2, 0.25) is 0 Å². The van der Waals surface area contributed by atoms with Gasteiger partial charge in [-0.15, -0.1) is 0 Å². The van der Waals surface area contributed by atoms with Gasteiger partial charge in [-0.25, -0.2) is 24.0 Å². The molecule has 38 heavy (non-hydrogen) atoms. The zero-order chi connectivity index (χ0) is 27.4. The summed E-state index contributed by atoms with van der Waals surface area (Å²) in [5, 5.41) is 7.45. The quantitative estimate of drug-likeness (QED) is 0.509. The summed E-state index contributed by atoms with van der Waals surface area (Å²) in [7, 11) is 2.64. The fourth-order valence-corrected chi connectivity index (χ4v) is 5.26. The maximum absolute atomic E-state index is 14.4. The summed E-state index contributed by atoms with van der Waals surface area (Å²) in [6.07, 6.45) is -1.55. The summed E-state index contributed by atoms with van der Waals surface area (Å²) in [6.45, 7) is 4.30. The van der Waals surface area contributed by atoms with Crippen LogP contribution >= 0.6 is 0 Å². The number of alkyl halides is 3. The van der Waals surface area contributed by atoms with Gasteiger partial charge in [0.05, 0.1) is 30.5 Å². The van der Waals surface area contributed by atoms with Crippen LogP contribution in [0.5, 0.6) is 5.88 Å². The van der Waals surface area contributed by atoms with Crippen LogP contribution in [0.15, 0.2) is 18.3 Å². The highest BCUT2D eigenvalue weighted by Crippen LogP contribution is 2.39. The van der Waals surface area contributed by atoms with Gasteiger partial charge in [0, 0.05) is 37.3 Å². The molecule has 0 radical (unpaired) electrons. The van der Waals surface area contributed by atoms with Crippen molar-refractivity contribution in [3.63, 3.8) is 0 Å². The Labute approximate surface area is 216 Å². The van der Waals surface area contributed by atoms with Gasteiger partial charge < -0.3 is 15.0 Å². The number of methoxy groups -OCH3 is 1. The molecule has 1 amide bonds. The number of fused-ring (bicyclic) bond motifs is 1. The van der Waals surface area contributed by atoms with Crippen LogP contribution in [0.25, 0.3) is 11.4 Å². The molecule has 0 aromatic carbocycles. The zero-order valence-electron chi connectivity index (χ0n) is 21.4. The molecule has 1 N–H and O–H groups in total. The van der Waals surface area contributed by atoms with Crippen LogP contribution in [-0.4, -0.2) is 61.3 Å². The van der Waals surface area contributed by atoms with Crippen molar-refractivity contribution in [1.82, 2.24) is 29.6 Å². The lowest BCUT2D eigenvalue weighted by Crippen LogP contribution is -2.46. The number of likely N-dealkylation sites (tertiary alicyclic amines) is 1. The molecule has 3 aromatic rings. The number of anilines is 1. The molecule has 0 saturated carbocycles. The number of ether oxygens (including phenoxy) is 1. The van der Waals surface area contributed by atoms with E-state index in [1.165, 1.54) is 20.2 Å². The van der Waals surface area contributed by atoms with Gasteiger partial charge in [0.25, 0.3) is 0 Å². The van der Waals surface area contributed by atoms with Gasteiger partial charge in [-0.3, -0.25) is 4.79 Å². The van der Waals surface area contributed by atoms with Gasteiger partial charge in [-0.05, 0) is 44.7 Å². The molecule has 13 heteroatoms. The molecule has 2 aliphatic heterocycles. The van der Waals surface area contributed by atoms with Crippen LogP contribution in [0.3, 0.4) is 0 Å². The largest absolute Gasteiger partial charge is 0.481 e. The Kier molecular flexibility index (Phi) is 6.27. The maximum atomic E-state index is 14.4. The Morgan fingerprint density at radius 3 is 2.68 bits per heavy atom. The minimum Gasteiger partial charge on any atom is -0.481 e. The van der Waals surface area contributed by atoms with Crippen molar-refractivity contribution in [2.45, 2.75) is 50.7 Å². The number of rotatable bonds is 4. The minimum atomic E-state index is -4.61. The predicted molar refractivity (Wildman–Crippen MR) is 129 cm³/mol. The summed E-state index contributed by atoms with van der Waals surface area (Å²) < 4.78 is 59.8. The van der Waals surface area contributed by atoms with E-state index in [4.69, 9.17) is 4.74 Å². The predicted octanol–water partition coefficient (Wildman–Crippen LogP) is 3.88. The molecule has 3 aromatic heterocycles. The average Bonchev–Trinajstić information content (AvgIpc) is 3.46. The number of carbonyl (C=O) groups is 1. The first-order chi connectivity index (χ1) is 17.9. The molecule has 0 unspecified atom stereocenters. The van der Waals surface area contributed by atoms with Gasteiger partial charge in [0.15, 0.2) is 5.82 Å². The lowest BCUT2D eigenvalue weighted by molar-refractivity contribution is -0.147. The van der Waals surface area contributed by atoms with E-state index in [-0.39, 0.29) is 23.2 Å². The summed E-state index contributed by atoms with van der Waals surface area (Å²) in [5.41, 5.74) is 1.62. The van der Waals surface area contributed by atoms with Gasteiger partial charge >= 0.3 is 6.18 Å². The number of carbonyl (C=O) groups excluding carboxylic acids is 1. The minimum absolute atomic E-state index is 0.0282. The first-order valence-electron chi connectivity index (χ1n) is 12.2. The molecule has 0 bridgehead atoms. The monoisotopic (exact) mass is 533 g/mol. The van der Waals surface area contributed by atoms with Crippen molar-refractivity contribution in [3.8, 4) is 17.3 Å². The second-order valence-electron chi connectivity index (χ2n) is 9.89. The molecule has 1 spiro atoms. The van der Waals surface area contributed by atoms with E-state index in [0.29, 0.717) is 49.4 Å². The Balaban J connectivity index is 1.34. The normalized spacial score (nSPS) is 19.8. The standard InChI is InChI=1S/C25H27F4N7O2/c1-13(16-10-19(38-4)30-11-18(16)26)22(37)36-8-7-24(12-36)6-5-15-9-17(14(2)31-20(15)33-24)21-32-23(25(27,28)29)35(3)34-21/h9-11,13H,5-8,12H2,1-4H3,(H,31,33)/t13-,24-/m1/s1. The lowest BCUT2D eigenvalue weighted by Gasteiger charge is -2.36. The van der Waals surface area contributed by atoms with Crippen LogP contribution in [0.4, 0.5) is 23.4 Å². The van der Waals surface area contributed by atoms with Gasteiger partial charge in [-0.2, -0.15) is 18.3 Å². The van der Waals surface area contributed by atoms with Crippen molar-refractivity contribution >= 4 is 11.7 Å². The average molecular weight is 534 g/mol. The second-order valence-corrected chi connectivity index (χ2v) is 9.89. The van der Waals surface area contributed by atoms with E-state index in [0.717, 1.165) is 16.4 Å². The van der Waals surface area contributed by atoms with Crippen molar-refractivity contribution in [2.75, 3.05) is 25.5 Å². The van der Waals surface area contributed by atoms with E-state index in [9.17, 15) is 22.4 Å². The van der Waals surface area contributed by atoms with Crippen LogP contribution in [-0.2, 0) is 24.4 Å². The van der Waals surface area contributed by atoms with E-state index in [1.807, 2.05) is 0 Å². The summed E-state index contributed by atoms with van der Waals surface area (Å²) >= 11 is 0. The molecule has 5 heterocycles. The number of amides is 1. The number of aromatic nitrogens is 5. The smallest absolute Gasteiger partial charge is 0.451 e. The maximum Gasteiger partial charge on any atom is 0.451 e.